The van der Waals surface area contributed by atoms with Gasteiger partial charge in [-0.15, -0.1) is 0 Å². The highest BCUT2D eigenvalue weighted by Gasteiger charge is 2.52. The van der Waals surface area contributed by atoms with Gasteiger partial charge in [0.15, 0.2) is 0 Å². The molecule has 2 saturated heterocycles. The summed E-state index contributed by atoms with van der Waals surface area (Å²) in [6.07, 6.45) is -1.54. The molecule has 2 heterocycles. The molecule has 8 nitrogen and oxygen atoms in total. The Morgan fingerprint density at radius 3 is 0.975 bits per heavy atom. The zero-order chi connectivity index (χ0) is 27.0. The molecule has 10 heteroatoms. The normalized spacial score (nSPS) is 21.8. The van der Waals surface area contributed by atoms with Gasteiger partial charge in [-0.1, -0.05) is 72.8 Å². The minimum Gasteiger partial charge on any atom is -0.418 e. The monoisotopic (exact) mass is 578 g/mol. The van der Waals surface area contributed by atoms with Crippen molar-refractivity contribution in [1.29, 1.82) is 0 Å². The van der Waals surface area contributed by atoms with E-state index in [1.165, 1.54) is 0 Å². The van der Waals surface area contributed by atoms with E-state index in [9.17, 15) is 0 Å². The Balaban J connectivity index is 1.12. The van der Waals surface area contributed by atoms with Gasteiger partial charge in [-0.3, -0.25) is 9.05 Å². The van der Waals surface area contributed by atoms with Crippen LogP contribution in [0.25, 0.3) is 0 Å². The van der Waals surface area contributed by atoms with Crippen LogP contribution in [0.5, 0.6) is 23.0 Å². The van der Waals surface area contributed by atoms with Gasteiger partial charge in [-0.25, -0.2) is 0 Å². The fourth-order valence-electron chi connectivity index (χ4n) is 4.22. The second kappa shape index (κ2) is 13.4. The van der Waals surface area contributed by atoms with Crippen LogP contribution in [-0.4, -0.2) is 37.6 Å². The van der Waals surface area contributed by atoms with Gasteiger partial charge < -0.3 is 27.6 Å². The third-order valence-corrected chi connectivity index (χ3v) is 8.42. The predicted octanol–water partition coefficient (Wildman–Crippen LogP) is 7.32. The van der Waals surface area contributed by atoms with Gasteiger partial charge in [-0.05, 0) is 48.5 Å². The zero-order valence-corrected chi connectivity index (χ0v) is 23.2. The van der Waals surface area contributed by atoms with Crippen molar-refractivity contribution in [3.05, 3.63) is 121 Å². The average Bonchev–Trinajstić information content (AvgIpc) is 3.58. The minimum absolute atomic E-state index is 0.307. The smallest absolute Gasteiger partial charge is 0.418 e. The lowest BCUT2D eigenvalue weighted by molar-refractivity contribution is 0.0135. The summed E-state index contributed by atoms with van der Waals surface area (Å²) >= 11 is 0. The second-order valence-electron chi connectivity index (χ2n) is 8.95. The van der Waals surface area contributed by atoms with Crippen LogP contribution in [0.2, 0.25) is 0 Å². The highest BCUT2D eigenvalue weighted by atomic mass is 31.2. The van der Waals surface area contributed by atoms with Crippen molar-refractivity contribution in [2.24, 2.45) is 0 Å². The van der Waals surface area contributed by atoms with E-state index in [1.54, 1.807) is 0 Å². The quantitative estimate of drug-likeness (QED) is 0.162. The standard InChI is InChI=1S/C30H28O8P2/c1-5-13-23(14-6-1)33-39(34-24-15-7-2-8-16-24)37-27-21-31-30-28(22-32-29(27)30)38-40(35-25-17-9-3-10-18-25)36-26-19-11-4-12-20-26/h1-20,27-30H,21-22H2. The summed E-state index contributed by atoms with van der Waals surface area (Å²) in [6, 6.07) is 37.8. The summed E-state index contributed by atoms with van der Waals surface area (Å²) in [7, 11) is -3.58. The van der Waals surface area contributed by atoms with Crippen LogP contribution in [-0.2, 0) is 18.5 Å². The summed E-state index contributed by atoms with van der Waals surface area (Å²) in [6.45, 7) is 0.614. The van der Waals surface area contributed by atoms with Crippen LogP contribution in [0.15, 0.2) is 121 Å². The maximum absolute atomic E-state index is 6.34. The summed E-state index contributed by atoms with van der Waals surface area (Å²) < 4.78 is 49.3. The molecule has 2 aliphatic rings. The highest BCUT2D eigenvalue weighted by molar-refractivity contribution is 7.42. The summed E-state index contributed by atoms with van der Waals surface area (Å²) in [5, 5.41) is 0. The van der Waals surface area contributed by atoms with E-state index in [4.69, 9.17) is 36.6 Å². The molecule has 40 heavy (non-hydrogen) atoms. The lowest BCUT2D eigenvalue weighted by Crippen LogP contribution is -2.33. The zero-order valence-electron chi connectivity index (χ0n) is 21.4. The van der Waals surface area contributed by atoms with Gasteiger partial charge in [0, 0.05) is 0 Å². The van der Waals surface area contributed by atoms with Gasteiger partial charge in [0.25, 0.3) is 0 Å². The molecule has 0 saturated carbocycles. The van der Waals surface area contributed by atoms with Crippen molar-refractivity contribution >= 4 is 17.2 Å². The van der Waals surface area contributed by atoms with Crippen LogP contribution in [0.1, 0.15) is 0 Å². The molecule has 4 aromatic carbocycles. The summed E-state index contributed by atoms with van der Waals surface area (Å²) in [4.78, 5) is 0. The Bertz CT molecular complexity index is 1120. The van der Waals surface area contributed by atoms with Crippen molar-refractivity contribution in [2.75, 3.05) is 13.2 Å². The number of hydrogen-bond acceptors (Lipinski definition) is 8. The van der Waals surface area contributed by atoms with Crippen molar-refractivity contribution in [3.8, 4) is 23.0 Å². The maximum Gasteiger partial charge on any atom is 0.463 e. The molecule has 0 bridgehead atoms. The molecule has 0 N–H and O–H groups in total. The van der Waals surface area contributed by atoms with Crippen molar-refractivity contribution in [1.82, 2.24) is 0 Å². The third kappa shape index (κ3) is 7.10. The summed E-state index contributed by atoms with van der Waals surface area (Å²) in [5.74, 6) is 2.59. The predicted molar refractivity (Wildman–Crippen MR) is 151 cm³/mol. The van der Waals surface area contributed by atoms with Crippen molar-refractivity contribution in [3.63, 3.8) is 0 Å². The average molecular weight is 578 g/mol. The van der Waals surface area contributed by atoms with E-state index >= 15 is 0 Å². The molecule has 2 aliphatic heterocycles. The molecule has 0 spiro atoms. The number of rotatable bonds is 12. The summed E-state index contributed by atoms with van der Waals surface area (Å²) in [5.41, 5.74) is 0. The van der Waals surface area contributed by atoms with E-state index in [0.717, 1.165) is 0 Å². The molecule has 4 atom stereocenters. The lowest BCUT2D eigenvalue weighted by atomic mass is 10.1. The Morgan fingerprint density at radius 2 is 0.700 bits per heavy atom. The molecule has 206 valence electrons. The first-order valence-corrected chi connectivity index (χ1v) is 15.1. The Morgan fingerprint density at radius 1 is 0.425 bits per heavy atom. The van der Waals surface area contributed by atoms with Crippen molar-refractivity contribution < 1.29 is 36.6 Å². The number of hydrogen-bond donors (Lipinski definition) is 0. The molecule has 6 rings (SSSR count). The molecule has 0 amide bonds. The first-order valence-electron chi connectivity index (χ1n) is 12.9. The van der Waals surface area contributed by atoms with Gasteiger partial charge >= 0.3 is 17.2 Å². The fraction of sp³-hybridized carbons (Fsp3) is 0.200. The highest BCUT2D eigenvalue weighted by Crippen LogP contribution is 2.48. The van der Waals surface area contributed by atoms with Crippen LogP contribution < -0.4 is 18.1 Å². The molecule has 0 aliphatic carbocycles. The molecule has 2 fully saturated rings. The lowest BCUT2D eigenvalue weighted by Gasteiger charge is -2.23. The Hall–Kier alpha value is -3.22. The van der Waals surface area contributed by atoms with E-state index in [0.29, 0.717) is 36.2 Å². The van der Waals surface area contributed by atoms with Crippen molar-refractivity contribution in [2.45, 2.75) is 24.4 Å². The topological polar surface area (TPSA) is 73.8 Å². The minimum atomic E-state index is -1.79. The SMILES string of the molecule is c1ccc(OP(Oc2ccccc2)OC2COC3C(OP(Oc4ccccc4)Oc4ccccc4)COC23)cc1. The fourth-order valence-corrected chi connectivity index (χ4v) is 6.45. The van der Waals surface area contributed by atoms with Gasteiger partial charge in [0.2, 0.25) is 0 Å². The van der Waals surface area contributed by atoms with Crippen LogP contribution in [0.3, 0.4) is 0 Å². The van der Waals surface area contributed by atoms with E-state index in [2.05, 4.69) is 0 Å². The maximum atomic E-state index is 6.34. The van der Waals surface area contributed by atoms with Gasteiger partial charge in [0.1, 0.15) is 47.4 Å². The van der Waals surface area contributed by atoms with Gasteiger partial charge in [0.05, 0.1) is 13.2 Å². The Kier molecular flexibility index (Phi) is 9.05. The van der Waals surface area contributed by atoms with Gasteiger partial charge in [-0.2, -0.15) is 0 Å². The molecule has 0 radical (unpaired) electrons. The van der Waals surface area contributed by atoms with Crippen LogP contribution >= 0.6 is 17.2 Å². The molecule has 0 aromatic heterocycles. The van der Waals surface area contributed by atoms with E-state index in [1.807, 2.05) is 121 Å². The largest absolute Gasteiger partial charge is 0.463 e. The second-order valence-corrected chi connectivity index (χ2v) is 11.0. The molecular weight excluding hydrogens is 550 g/mol. The number of benzene rings is 4. The molecular formula is C30H28O8P2. The first kappa shape index (κ1) is 27.0. The number of fused-ring (bicyclic) bond motifs is 1. The molecule has 4 aromatic rings. The first-order chi connectivity index (χ1) is 19.8. The molecule has 4 unspecified atom stereocenters. The van der Waals surface area contributed by atoms with Crippen LogP contribution in [0, 0.1) is 0 Å². The van der Waals surface area contributed by atoms with Crippen LogP contribution in [0.4, 0.5) is 0 Å². The van der Waals surface area contributed by atoms with E-state index < -0.39 is 29.4 Å². The number of para-hydroxylation sites is 4. The Labute approximate surface area is 235 Å². The van der Waals surface area contributed by atoms with E-state index in [-0.39, 0.29) is 12.2 Å². The number of ether oxygens (including phenoxy) is 2. The third-order valence-electron chi connectivity index (χ3n) is 6.10.